The maximum absolute atomic E-state index is 12.2. The van der Waals surface area contributed by atoms with Crippen molar-refractivity contribution in [2.45, 2.75) is 13.3 Å². The van der Waals surface area contributed by atoms with Crippen LogP contribution in [0.2, 0.25) is 0 Å². The van der Waals surface area contributed by atoms with Gasteiger partial charge in [0.15, 0.2) is 0 Å². The van der Waals surface area contributed by atoms with Gasteiger partial charge in [0, 0.05) is 25.8 Å². The van der Waals surface area contributed by atoms with Crippen molar-refractivity contribution in [2.24, 2.45) is 0 Å². The molecule has 2 rings (SSSR count). The smallest absolute Gasteiger partial charge is 0.354 e. The minimum Gasteiger partial charge on any atom is -0.385 e. The summed E-state index contributed by atoms with van der Waals surface area (Å²) in [7, 11) is 1.58. The lowest BCUT2D eigenvalue weighted by molar-refractivity contribution is -0.383. The van der Waals surface area contributed by atoms with Crippen molar-refractivity contribution in [3.05, 3.63) is 51.8 Å². The summed E-state index contributed by atoms with van der Waals surface area (Å²) in [5.74, 6) is -0.472. The zero-order valence-corrected chi connectivity index (χ0v) is 14.5. The van der Waals surface area contributed by atoms with Crippen LogP contribution in [0.15, 0.2) is 30.6 Å². The lowest BCUT2D eigenvalue weighted by atomic mass is 10.1. The van der Waals surface area contributed by atoms with Crippen molar-refractivity contribution in [1.82, 2.24) is 15.4 Å². The van der Waals surface area contributed by atoms with Crippen molar-refractivity contribution >= 4 is 23.2 Å². The number of nitrogens with zero attached hydrogens (tertiary/aromatic N) is 3. The summed E-state index contributed by atoms with van der Waals surface area (Å²) in [6.45, 7) is 2.76. The zero-order valence-electron chi connectivity index (χ0n) is 14.5. The summed E-state index contributed by atoms with van der Waals surface area (Å²) in [6.07, 6.45) is 1.83. The molecule has 0 saturated heterocycles. The van der Waals surface area contributed by atoms with E-state index < -0.39 is 10.8 Å². The second-order valence-corrected chi connectivity index (χ2v) is 5.34. The first-order chi connectivity index (χ1) is 12.5. The number of carbonyl (C=O) groups excluding carboxylic acids is 1. The third-order valence-electron chi connectivity index (χ3n) is 3.51. The van der Waals surface area contributed by atoms with E-state index in [4.69, 9.17) is 4.74 Å². The van der Waals surface area contributed by atoms with Gasteiger partial charge < -0.3 is 10.1 Å². The normalized spacial score (nSPS) is 10.2. The van der Waals surface area contributed by atoms with Gasteiger partial charge in [-0.3, -0.25) is 25.8 Å². The summed E-state index contributed by atoms with van der Waals surface area (Å²) in [5, 5.41) is 14.3. The van der Waals surface area contributed by atoms with Crippen LogP contribution in [-0.4, -0.2) is 41.1 Å². The van der Waals surface area contributed by atoms with Crippen LogP contribution in [0.3, 0.4) is 0 Å². The second-order valence-electron chi connectivity index (χ2n) is 5.34. The molecule has 0 radical (unpaired) electrons. The maximum Gasteiger partial charge on any atom is 0.354 e. The molecule has 0 fully saturated rings. The van der Waals surface area contributed by atoms with E-state index in [-0.39, 0.29) is 17.3 Å². The number of nitrogens with one attached hydrogen (secondary N) is 3. The molecule has 1 aromatic heterocycles. The fourth-order valence-electron chi connectivity index (χ4n) is 2.21. The first-order valence-corrected chi connectivity index (χ1v) is 7.88. The summed E-state index contributed by atoms with van der Waals surface area (Å²) >= 11 is 0. The van der Waals surface area contributed by atoms with Gasteiger partial charge in [0.05, 0.1) is 4.92 Å². The number of anilines is 2. The molecule has 1 aromatic carbocycles. The molecule has 26 heavy (non-hydrogen) atoms. The van der Waals surface area contributed by atoms with E-state index in [1.165, 1.54) is 6.33 Å². The first kappa shape index (κ1) is 19.1. The van der Waals surface area contributed by atoms with Gasteiger partial charge in [-0.15, -0.1) is 0 Å². The Morgan fingerprint density at radius 2 is 2.00 bits per heavy atom. The fraction of sp³-hybridized carbons (Fsp3) is 0.312. The number of hydrogen-bond acceptors (Lipinski definition) is 8. The predicted molar refractivity (Wildman–Crippen MR) is 95.9 cm³/mol. The Balaban J connectivity index is 2.12. The predicted octanol–water partition coefficient (Wildman–Crippen LogP) is 1.90. The van der Waals surface area contributed by atoms with Crippen LogP contribution < -0.4 is 16.2 Å². The van der Waals surface area contributed by atoms with Crippen molar-refractivity contribution < 1.29 is 14.5 Å². The third kappa shape index (κ3) is 4.86. The van der Waals surface area contributed by atoms with Gasteiger partial charge in [0.2, 0.25) is 11.6 Å². The molecule has 1 heterocycles. The quantitative estimate of drug-likeness (QED) is 0.351. The minimum atomic E-state index is -0.610. The SMILES string of the molecule is COCCCNc1ncnc(NNC(=O)c2ccccc2C)c1[N+](=O)[O-]. The Morgan fingerprint density at radius 3 is 2.69 bits per heavy atom. The van der Waals surface area contributed by atoms with Gasteiger partial charge in [-0.25, -0.2) is 9.97 Å². The average molecular weight is 360 g/mol. The van der Waals surface area contributed by atoms with E-state index in [2.05, 4.69) is 26.1 Å². The van der Waals surface area contributed by atoms with Crippen LogP contribution in [0, 0.1) is 17.0 Å². The van der Waals surface area contributed by atoms with E-state index in [0.717, 1.165) is 5.56 Å². The van der Waals surface area contributed by atoms with Gasteiger partial charge in [-0.2, -0.15) is 0 Å². The third-order valence-corrected chi connectivity index (χ3v) is 3.51. The molecule has 0 saturated carbocycles. The molecule has 1 amide bonds. The highest BCUT2D eigenvalue weighted by molar-refractivity contribution is 5.96. The highest BCUT2D eigenvalue weighted by atomic mass is 16.6. The molecule has 0 spiro atoms. The second kappa shape index (κ2) is 9.28. The average Bonchev–Trinajstić information content (AvgIpc) is 2.63. The molecular weight excluding hydrogens is 340 g/mol. The summed E-state index contributed by atoms with van der Waals surface area (Å²) in [5.41, 5.74) is 5.81. The Morgan fingerprint density at radius 1 is 1.27 bits per heavy atom. The van der Waals surface area contributed by atoms with Crippen LogP contribution in [0.4, 0.5) is 17.3 Å². The summed E-state index contributed by atoms with van der Waals surface area (Å²) in [6, 6.07) is 7.00. The van der Waals surface area contributed by atoms with Gasteiger partial charge >= 0.3 is 5.69 Å². The molecule has 0 aliphatic carbocycles. The molecule has 0 aliphatic heterocycles. The molecule has 138 valence electrons. The highest BCUT2D eigenvalue weighted by Crippen LogP contribution is 2.28. The van der Waals surface area contributed by atoms with E-state index >= 15 is 0 Å². The Kier molecular flexibility index (Phi) is 6.80. The molecule has 10 nitrogen and oxygen atoms in total. The van der Waals surface area contributed by atoms with Gasteiger partial charge in [0.1, 0.15) is 6.33 Å². The van der Waals surface area contributed by atoms with Crippen molar-refractivity contribution in [1.29, 1.82) is 0 Å². The number of hydrazine groups is 1. The molecule has 0 aliphatic rings. The van der Waals surface area contributed by atoms with E-state index in [0.29, 0.717) is 25.1 Å². The number of carbonyl (C=O) groups is 1. The first-order valence-electron chi connectivity index (χ1n) is 7.88. The summed E-state index contributed by atoms with van der Waals surface area (Å²) in [4.78, 5) is 30.8. The maximum atomic E-state index is 12.2. The van der Waals surface area contributed by atoms with Crippen molar-refractivity contribution in [3.8, 4) is 0 Å². The highest BCUT2D eigenvalue weighted by Gasteiger charge is 2.23. The lowest BCUT2D eigenvalue weighted by Crippen LogP contribution is -2.31. The number of amides is 1. The van der Waals surface area contributed by atoms with Crippen molar-refractivity contribution in [2.75, 3.05) is 31.0 Å². The molecule has 2 aromatic rings. The topological polar surface area (TPSA) is 131 Å². The van der Waals surface area contributed by atoms with E-state index in [1.54, 1.807) is 32.2 Å². The number of rotatable bonds is 9. The molecule has 10 heteroatoms. The number of nitro groups is 1. The van der Waals surface area contributed by atoms with Crippen LogP contribution in [-0.2, 0) is 4.74 Å². The molecular formula is C16H20N6O4. The molecule has 0 unspecified atom stereocenters. The molecule has 3 N–H and O–H groups in total. The van der Waals surface area contributed by atoms with Crippen LogP contribution >= 0.6 is 0 Å². The standard InChI is InChI=1S/C16H20N6O4/c1-11-6-3-4-7-12(11)16(23)21-20-15-13(22(24)25)14(18-10-19-15)17-8-5-9-26-2/h3-4,6-7,10H,5,8-9H2,1-2H3,(H,21,23)(H2,17,18,19,20). The number of methoxy groups -OCH3 is 1. The molecule has 0 atom stereocenters. The Labute approximate surface area is 150 Å². The van der Waals surface area contributed by atoms with Gasteiger partial charge in [0.25, 0.3) is 5.91 Å². The largest absolute Gasteiger partial charge is 0.385 e. The van der Waals surface area contributed by atoms with Gasteiger partial charge in [-0.1, -0.05) is 18.2 Å². The number of hydrogen-bond donors (Lipinski definition) is 3. The zero-order chi connectivity index (χ0) is 18.9. The monoisotopic (exact) mass is 360 g/mol. The number of aromatic nitrogens is 2. The van der Waals surface area contributed by atoms with E-state index in [1.807, 2.05) is 6.07 Å². The number of ether oxygens (including phenoxy) is 1. The lowest BCUT2D eigenvalue weighted by Gasteiger charge is -2.11. The van der Waals surface area contributed by atoms with Crippen LogP contribution in [0.1, 0.15) is 22.3 Å². The Hall–Kier alpha value is -3.27. The summed E-state index contributed by atoms with van der Waals surface area (Å²) < 4.78 is 4.93. The molecule has 0 bridgehead atoms. The van der Waals surface area contributed by atoms with E-state index in [9.17, 15) is 14.9 Å². The van der Waals surface area contributed by atoms with Crippen LogP contribution in [0.5, 0.6) is 0 Å². The van der Waals surface area contributed by atoms with Crippen molar-refractivity contribution in [3.63, 3.8) is 0 Å². The number of benzene rings is 1. The number of aryl methyl sites for hydroxylation is 1. The van der Waals surface area contributed by atoms with Gasteiger partial charge in [-0.05, 0) is 25.0 Å². The minimum absolute atomic E-state index is 0.0637. The fourth-order valence-corrected chi connectivity index (χ4v) is 2.21. The van der Waals surface area contributed by atoms with Crippen LogP contribution in [0.25, 0.3) is 0 Å². The Bertz CT molecular complexity index is 783.